The van der Waals surface area contributed by atoms with Crippen LogP contribution in [0.5, 0.6) is 0 Å². The average molecular weight is 480 g/mol. The van der Waals surface area contributed by atoms with E-state index in [1.54, 1.807) is 0 Å². The molecule has 0 bridgehead atoms. The van der Waals surface area contributed by atoms with E-state index in [0.29, 0.717) is 11.1 Å². The Labute approximate surface area is 215 Å². The number of fused-ring (bicyclic) bond motifs is 3. The molecule has 2 fully saturated rings. The van der Waals surface area contributed by atoms with Crippen LogP contribution >= 0.6 is 0 Å². The maximum atomic E-state index is 13.9. The molecule has 186 valence electrons. The van der Waals surface area contributed by atoms with Crippen molar-refractivity contribution in [2.45, 2.75) is 77.2 Å². The summed E-state index contributed by atoms with van der Waals surface area (Å²) in [6.45, 7) is 13.5. The second kappa shape index (κ2) is 8.32. The van der Waals surface area contributed by atoms with Crippen LogP contribution < -0.4 is 4.90 Å². The van der Waals surface area contributed by atoms with Crippen LogP contribution in [0.2, 0.25) is 0 Å². The van der Waals surface area contributed by atoms with Crippen LogP contribution in [0.15, 0.2) is 35.9 Å². The minimum Gasteiger partial charge on any atom is -0.369 e. The molecule has 6 rings (SSSR count). The summed E-state index contributed by atoms with van der Waals surface area (Å²) in [5.41, 5.74) is 9.74. The molecule has 4 nitrogen and oxygen atoms in total. The Bertz CT molecular complexity index is 1320. The topological polar surface area (TPSA) is 47.3 Å². The molecule has 3 aliphatic carbocycles. The predicted octanol–water partition coefficient (Wildman–Crippen LogP) is 6.06. The fraction of sp³-hybridized carbons (Fsp3) is 0.500. The van der Waals surface area contributed by atoms with Gasteiger partial charge in [-0.05, 0) is 90.6 Å². The third-order valence-corrected chi connectivity index (χ3v) is 9.91. The lowest BCUT2D eigenvalue weighted by Crippen LogP contribution is -2.60. The molecule has 0 unspecified atom stereocenters. The predicted molar refractivity (Wildman–Crippen MR) is 146 cm³/mol. The number of carbonyl (C=O) groups is 1. The number of ketones is 1. The zero-order valence-electron chi connectivity index (χ0n) is 22.2. The van der Waals surface area contributed by atoms with Gasteiger partial charge in [0.25, 0.3) is 0 Å². The molecule has 4 aliphatic rings. The van der Waals surface area contributed by atoms with Crippen LogP contribution in [-0.4, -0.2) is 42.4 Å². The fourth-order valence-corrected chi connectivity index (χ4v) is 7.40. The molecule has 2 aromatic carbocycles. The first-order chi connectivity index (χ1) is 17.3. The number of nitriles is 1. The standard InChI is InChI=1S/C32H37N3O/c1-5-22-17-25-26(19-28(22)34-12-14-35(15-13-34)32(6-2)10-7-11-32)31(3,4)27-18-23-16-21(20-33)8-9-24(23)29(27)30(25)36/h8-9,16-17,19H,5-7,10-15,18H2,1-4H3. The highest BCUT2D eigenvalue weighted by Gasteiger charge is 2.44. The summed E-state index contributed by atoms with van der Waals surface area (Å²) in [6, 6.07) is 12.6. The first-order valence-electron chi connectivity index (χ1n) is 13.8. The van der Waals surface area contributed by atoms with Crippen molar-refractivity contribution in [2.24, 2.45) is 0 Å². The number of piperazine rings is 1. The molecule has 1 saturated heterocycles. The van der Waals surface area contributed by atoms with Crippen molar-refractivity contribution < 1.29 is 4.79 Å². The van der Waals surface area contributed by atoms with Gasteiger partial charge in [-0.15, -0.1) is 0 Å². The minimum absolute atomic E-state index is 0.156. The van der Waals surface area contributed by atoms with Crippen LogP contribution in [0.3, 0.4) is 0 Å². The highest BCUT2D eigenvalue weighted by Crippen LogP contribution is 2.51. The van der Waals surface area contributed by atoms with Crippen LogP contribution in [0.25, 0.3) is 5.57 Å². The quantitative estimate of drug-likeness (QED) is 0.535. The third-order valence-electron chi connectivity index (χ3n) is 9.91. The van der Waals surface area contributed by atoms with Gasteiger partial charge in [0.1, 0.15) is 0 Å². The SMILES string of the molecule is CCc1cc2c(cc1N1CCN(C3(CC)CCC3)CC1)C(C)(C)C1=C(C2=O)c2ccc(C#N)cc2C1. The largest absolute Gasteiger partial charge is 0.369 e. The van der Waals surface area contributed by atoms with E-state index in [0.717, 1.165) is 61.3 Å². The Hall–Kier alpha value is -2.90. The van der Waals surface area contributed by atoms with E-state index in [4.69, 9.17) is 0 Å². The molecule has 1 heterocycles. The average Bonchev–Trinajstić information content (AvgIpc) is 3.27. The van der Waals surface area contributed by atoms with Gasteiger partial charge >= 0.3 is 0 Å². The molecule has 36 heavy (non-hydrogen) atoms. The van der Waals surface area contributed by atoms with Gasteiger partial charge < -0.3 is 4.90 Å². The molecular formula is C32H37N3O. The fourth-order valence-electron chi connectivity index (χ4n) is 7.40. The summed E-state index contributed by atoms with van der Waals surface area (Å²) < 4.78 is 0. The van der Waals surface area contributed by atoms with E-state index in [9.17, 15) is 10.1 Å². The minimum atomic E-state index is -0.231. The van der Waals surface area contributed by atoms with Crippen molar-refractivity contribution in [1.29, 1.82) is 5.26 Å². The van der Waals surface area contributed by atoms with Crippen LogP contribution in [0.1, 0.15) is 91.6 Å². The molecule has 0 spiro atoms. The number of hydrogen-bond acceptors (Lipinski definition) is 4. The van der Waals surface area contributed by atoms with Crippen LogP contribution in [0, 0.1) is 11.3 Å². The lowest BCUT2D eigenvalue weighted by Gasteiger charge is -2.53. The van der Waals surface area contributed by atoms with Gasteiger partial charge in [0, 0.05) is 54.0 Å². The van der Waals surface area contributed by atoms with Crippen LogP contribution in [-0.2, 0) is 18.3 Å². The van der Waals surface area contributed by atoms with Gasteiger partial charge in [0.05, 0.1) is 11.6 Å². The Morgan fingerprint density at radius 2 is 1.75 bits per heavy atom. The van der Waals surface area contributed by atoms with E-state index < -0.39 is 0 Å². The van der Waals surface area contributed by atoms with Crippen molar-refractivity contribution in [1.82, 2.24) is 4.90 Å². The maximum absolute atomic E-state index is 13.9. The molecule has 0 amide bonds. The Kier molecular flexibility index (Phi) is 5.43. The van der Waals surface area contributed by atoms with Gasteiger partial charge in [-0.3, -0.25) is 9.69 Å². The number of Topliss-reactive ketones (excluding diaryl/α,β-unsaturated/α-hetero) is 1. The second-order valence-corrected chi connectivity index (χ2v) is 11.8. The second-order valence-electron chi connectivity index (χ2n) is 11.8. The number of carbonyl (C=O) groups excluding carboxylic acids is 1. The highest BCUT2D eigenvalue weighted by molar-refractivity contribution is 6.33. The van der Waals surface area contributed by atoms with Gasteiger partial charge in [-0.2, -0.15) is 5.26 Å². The molecule has 1 aliphatic heterocycles. The van der Waals surface area contributed by atoms with Gasteiger partial charge in [0.15, 0.2) is 5.78 Å². The van der Waals surface area contributed by atoms with Crippen molar-refractivity contribution in [2.75, 3.05) is 31.1 Å². The molecule has 0 aromatic heterocycles. The van der Waals surface area contributed by atoms with Gasteiger partial charge in [-0.25, -0.2) is 0 Å². The summed E-state index contributed by atoms with van der Waals surface area (Å²) in [7, 11) is 0. The number of rotatable bonds is 4. The van der Waals surface area contributed by atoms with Crippen molar-refractivity contribution >= 4 is 17.0 Å². The number of hydrogen-bond donors (Lipinski definition) is 0. The number of allylic oxidation sites excluding steroid dienone is 2. The first-order valence-corrected chi connectivity index (χ1v) is 13.8. The Balaban J connectivity index is 1.35. The number of anilines is 1. The molecular weight excluding hydrogens is 442 g/mol. The molecule has 4 heteroatoms. The number of nitrogens with zero attached hydrogens (tertiary/aromatic N) is 3. The summed E-state index contributed by atoms with van der Waals surface area (Å²) in [6.07, 6.45) is 7.02. The molecule has 0 N–H and O–H groups in total. The van der Waals surface area contributed by atoms with Crippen molar-refractivity contribution in [3.05, 3.63) is 69.3 Å². The monoisotopic (exact) mass is 479 g/mol. The lowest BCUT2D eigenvalue weighted by molar-refractivity contribution is 0.00833. The van der Waals surface area contributed by atoms with E-state index in [2.05, 4.69) is 55.7 Å². The van der Waals surface area contributed by atoms with Gasteiger partial charge in [-0.1, -0.05) is 33.8 Å². The molecule has 1 saturated carbocycles. The number of benzene rings is 2. The molecule has 0 atom stereocenters. The molecule has 0 radical (unpaired) electrons. The number of aryl methyl sites for hydroxylation is 1. The van der Waals surface area contributed by atoms with E-state index in [1.807, 2.05) is 18.2 Å². The van der Waals surface area contributed by atoms with Gasteiger partial charge in [0.2, 0.25) is 0 Å². The third kappa shape index (κ3) is 3.25. The highest BCUT2D eigenvalue weighted by atomic mass is 16.1. The molecule has 2 aromatic rings. The summed E-state index contributed by atoms with van der Waals surface area (Å²) in [5.74, 6) is 0.156. The summed E-state index contributed by atoms with van der Waals surface area (Å²) in [4.78, 5) is 19.3. The first kappa shape index (κ1) is 23.5. The van der Waals surface area contributed by atoms with Crippen LogP contribution in [0.4, 0.5) is 5.69 Å². The maximum Gasteiger partial charge on any atom is 0.193 e. The lowest BCUT2D eigenvalue weighted by atomic mass is 9.68. The van der Waals surface area contributed by atoms with E-state index >= 15 is 0 Å². The zero-order valence-corrected chi connectivity index (χ0v) is 22.2. The zero-order chi connectivity index (χ0) is 25.2. The van der Waals surface area contributed by atoms with E-state index in [-0.39, 0.29) is 11.2 Å². The van der Waals surface area contributed by atoms with Crippen molar-refractivity contribution in [3.8, 4) is 6.07 Å². The smallest absolute Gasteiger partial charge is 0.193 e. The summed E-state index contributed by atoms with van der Waals surface area (Å²) in [5, 5.41) is 9.39. The Morgan fingerprint density at radius 3 is 2.36 bits per heavy atom. The van der Waals surface area contributed by atoms with Crippen molar-refractivity contribution in [3.63, 3.8) is 0 Å². The summed E-state index contributed by atoms with van der Waals surface area (Å²) >= 11 is 0. The van der Waals surface area contributed by atoms with E-state index in [1.165, 1.54) is 48.1 Å². The normalized spacial score (nSPS) is 22.0. The Morgan fingerprint density at radius 1 is 1.00 bits per heavy atom.